The van der Waals surface area contributed by atoms with Crippen LogP contribution in [0.5, 0.6) is 5.88 Å². The lowest BCUT2D eigenvalue weighted by Crippen LogP contribution is -2.33. The van der Waals surface area contributed by atoms with Crippen LogP contribution in [0.25, 0.3) is 0 Å². The minimum atomic E-state index is -4.52. The number of amides is 1. The van der Waals surface area contributed by atoms with Crippen molar-refractivity contribution in [2.45, 2.75) is 6.18 Å². The molecule has 2 fully saturated rings. The summed E-state index contributed by atoms with van der Waals surface area (Å²) >= 11 is 0. The first-order valence-electron chi connectivity index (χ1n) is 9.14. The molecule has 2 aromatic heterocycles. The van der Waals surface area contributed by atoms with E-state index < -0.39 is 17.8 Å². The fourth-order valence-electron chi connectivity index (χ4n) is 3.73. The van der Waals surface area contributed by atoms with Gasteiger partial charge in [0, 0.05) is 25.1 Å². The van der Waals surface area contributed by atoms with Crippen LogP contribution >= 0.6 is 0 Å². The first kappa shape index (κ1) is 20.0. The number of hydrogen-bond donors (Lipinski definition) is 0. The molecule has 1 aliphatic heterocycles. The second-order valence-electron chi connectivity index (χ2n) is 7.15. The zero-order valence-corrected chi connectivity index (χ0v) is 15.8. The number of piperidine rings is 1. The lowest BCUT2D eigenvalue weighted by molar-refractivity contribution is -0.141. The van der Waals surface area contributed by atoms with Crippen molar-refractivity contribution >= 4 is 11.9 Å². The number of esters is 1. The minimum Gasteiger partial charge on any atom is -0.477 e. The van der Waals surface area contributed by atoms with E-state index in [1.54, 1.807) is 4.90 Å². The van der Waals surface area contributed by atoms with Crippen molar-refractivity contribution in [1.82, 2.24) is 19.9 Å². The fourth-order valence-corrected chi connectivity index (χ4v) is 3.73. The van der Waals surface area contributed by atoms with Gasteiger partial charge in [0.2, 0.25) is 5.88 Å². The van der Waals surface area contributed by atoms with E-state index in [9.17, 15) is 22.8 Å². The van der Waals surface area contributed by atoms with Crippen molar-refractivity contribution in [3.63, 3.8) is 0 Å². The van der Waals surface area contributed by atoms with E-state index in [1.807, 2.05) is 0 Å². The quantitative estimate of drug-likeness (QED) is 0.681. The van der Waals surface area contributed by atoms with Gasteiger partial charge in [-0.3, -0.25) is 9.78 Å². The SMILES string of the molecule is COC(=O)c1cncc(C(=O)N2C[C@@H]3[C@H](COc4cccc(C(F)(F)F)n4)[C@@H]3C2)n1. The van der Waals surface area contributed by atoms with Gasteiger partial charge in [-0.25, -0.2) is 14.8 Å². The maximum atomic E-state index is 12.7. The Labute approximate surface area is 169 Å². The Morgan fingerprint density at radius 1 is 1.13 bits per heavy atom. The number of nitrogens with zero attached hydrogens (tertiary/aromatic N) is 4. The molecule has 30 heavy (non-hydrogen) atoms. The van der Waals surface area contributed by atoms with E-state index in [1.165, 1.54) is 31.6 Å². The maximum Gasteiger partial charge on any atom is 0.433 e. The third kappa shape index (κ3) is 3.91. The van der Waals surface area contributed by atoms with Crippen LogP contribution in [-0.2, 0) is 10.9 Å². The monoisotopic (exact) mass is 422 g/mol. The Morgan fingerprint density at radius 3 is 2.50 bits per heavy atom. The van der Waals surface area contributed by atoms with Gasteiger partial charge in [-0.05, 0) is 17.9 Å². The number of alkyl halides is 3. The summed E-state index contributed by atoms with van der Waals surface area (Å²) in [5, 5.41) is 0. The molecule has 3 atom stereocenters. The number of carbonyl (C=O) groups excluding carboxylic acids is 2. The summed E-state index contributed by atoms with van der Waals surface area (Å²) < 4.78 is 48.2. The standard InChI is InChI=1S/C19H17F3N4O4/c1-29-18(28)14-6-23-5-13(24-14)17(27)26-7-10-11(8-26)12(10)9-30-16-4-2-3-15(25-16)19(20,21)22/h2-6,10-12H,7-9H2,1H3/t10-,11+,12-. The number of rotatable bonds is 5. The lowest BCUT2D eigenvalue weighted by Gasteiger charge is -2.19. The van der Waals surface area contributed by atoms with Gasteiger partial charge in [0.15, 0.2) is 5.69 Å². The third-order valence-corrected chi connectivity index (χ3v) is 5.34. The molecule has 0 radical (unpaired) electrons. The minimum absolute atomic E-state index is 0.0485. The molecule has 158 valence electrons. The molecule has 1 aliphatic carbocycles. The highest BCUT2D eigenvalue weighted by Gasteiger charge is 2.57. The summed E-state index contributed by atoms with van der Waals surface area (Å²) in [7, 11) is 1.21. The van der Waals surface area contributed by atoms with Crippen molar-refractivity contribution in [1.29, 1.82) is 0 Å². The van der Waals surface area contributed by atoms with Crippen LogP contribution in [0.2, 0.25) is 0 Å². The summed E-state index contributed by atoms with van der Waals surface area (Å²) in [6.07, 6.45) is -2.01. The molecule has 3 heterocycles. The molecular weight excluding hydrogens is 405 g/mol. The van der Waals surface area contributed by atoms with Gasteiger partial charge in [-0.15, -0.1) is 0 Å². The van der Waals surface area contributed by atoms with Crippen LogP contribution in [0.3, 0.4) is 0 Å². The average molecular weight is 422 g/mol. The van der Waals surface area contributed by atoms with Crippen molar-refractivity contribution in [2.75, 3.05) is 26.8 Å². The zero-order chi connectivity index (χ0) is 21.5. The second-order valence-corrected chi connectivity index (χ2v) is 7.15. The van der Waals surface area contributed by atoms with E-state index in [0.717, 1.165) is 6.07 Å². The molecule has 1 saturated carbocycles. The van der Waals surface area contributed by atoms with Gasteiger partial charge < -0.3 is 14.4 Å². The number of hydrogen-bond acceptors (Lipinski definition) is 7. The van der Waals surface area contributed by atoms with E-state index in [0.29, 0.717) is 13.1 Å². The van der Waals surface area contributed by atoms with Gasteiger partial charge in [-0.1, -0.05) is 6.07 Å². The predicted octanol–water partition coefficient (Wildman–Crippen LogP) is 2.07. The maximum absolute atomic E-state index is 12.7. The van der Waals surface area contributed by atoms with Crippen LogP contribution in [-0.4, -0.2) is 58.5 Å². The Balaban J connectivity index is 1.31. The summed E-state index contributed by atoms with van der Waals surface area (Å²) in [6, 6.07) is 3.53. The number of ether oxygens (including phenoxy) is 2. The molecule has 2 aliphatic rings. The van der Waals surface area contributed by atoms with Crippen LogP contribution < -0.4 is 4.74 Å². The number of aromatic nitrogens is 3. The molecule has 8 nitrogen and oxygen atoms in total. The van der Waals surface area contributed by atoms with Crippen molar-refractivity contribution in [2.24, 2.45) is 17.8 Å². The molecule has 0 N–H and O–H groups in total. The van der Waals surface area contributed by atoms with Gasteiger partial charge in [0.1, 0.15) is 11.4 Å². The summed E-state index contributed by atoms with van der Waals surface area (Å²) in [4.78, 5) is 37.1. The molecule has 11 heteroatoms. The molecule has 4 rings (SSSR count). The van der Waals surface area contributed by atoms with E-state index >= 15 is 0 Å². The molecule has 0 spiro atoms. The highest BCUT2D eigenvalue weighted by atomic mass is 19.4. The highest BCUT2D eigenvalue weighted by Crippen LogP contribution is 2.51. The molecule has 0 bridgehead atoms. The Morgan fingerprint density at radius 2 is 1.83 bits per heavy atom. The number of pyridine rings is 1. The van der Waals surface area contributed by atoms with Gasteiger partial charge >= 0.3 is 12.1 Å². The zero-order valence-electron chi connectivity index (χ0n) is 15.8. The van der Waals surface area contributed by atoms with Crippen LogP contribution in [0.1, 0.15) is 26.7 Å². The largest absolute Gasteiger partial charge is 0.477 e. The van der Waals surface area contributed by atoms with Crippen molar-refractivity contribution < 1.29 is 32.2 Å². The summed E-state index contributed by atoms with van der Waals surface area (Å²) in [5.41, 5.74) is -0.990. The Bertz CT molecular complexity index is 972. The van der Waals surface area contributed by atoms with E-state index in [2.05, 4.69) is 19.7 Å². The predicted molar refractivity (Wildman–Crippen MR) is 94.5 cm³/mol. The summed E-state index contributed by atoms with van der Waals surface area (Å²) in [6.45, 7) is 1.21. The third-order valence-electron chi connectivity index (χ3n) is 5.34. The number of likely N-dealkylation sites (tertiary alicyclic amines) is 1. The topological polar surface area (TPSA) is 94.5 Å². The smallest absolute Gasteiger partial charge is 0.433 e. The fraction of sp³-hybridized carbons (Fsp3) is 0.421. The van der Waals surface area contributed by atoms with Crippen molar-refractivity contribution in [3.05, 3.63) is 47.7 Å². The summed E-state index contributed by atoms with van der Waals surface area (Å²) in [5.74, 6) is -0.523. The van der Waals surface area contributed by atoms with Gasteiger partial charge in [0.05, 0.1) is 26.1 Å². The van der Waals surface area contributed by atoms with Gasteiger partial charge in [0.25, 0.3) is 5.91 Å². The van der Waals surface area contributed by atoms with Gasteiger partial charge in [-0.2, -0.15) is 13.2 Å². The number of halogens is 3. The van der Waals surface area contributed by atoms with E-state index in [4.69, 9.17) is 4.74 Å². The molecule has 1 amide bonds. The number of carbonyl (C=O) groups is 2. The van der Waals surface area contributed by atoms with Crippen molar-refractivity contribution in [3.8, 4) is 5.88 Å². The number of methoxy groups -OCH3 is 1. The average Bonchev–Trinajstić information content (AvgIpc) is 3.19. The van der Waals surface area contributed by atoms with Crippen LogP contribution in [0.15, 0.2) is 30.6 Å². The molecule has 0 aromatic carbocycles. The highest BCUT2D eigenvalue weighted by molar-refractivity contribution is 5.94. The molecule has 0 unspecified atom stereocenters. The van der Waals surface area contributed by atoms with Crippen LogP contribution in [0.4, 0.5) is 13.2 Å². The molecule has 2 aromatic rings. The Hall–Kier alpha value is -3.24. The molecular formula is C19H17F3N4O4. The second kappa shape index (κ2) is 7.54. The lowest BCUT2D eigenvalue weighted by atomic mass is 10.2. The first-order valence-corrected chi connectivity index (χ1v) is 9.14. The molecule has 1 saturated heterocycles. The first-order chi connectivity index (χ1) is 14.3. The van der Waals surface area contributed by atoms with Crippen LogP contribution in [0, 0.1) is 17.8 Å². The number of fused-ring (bicyclic) bond motifs is 1. The normalized spacial score (nSPS) is 22.4. The van der Waals surface area contributed by atoms with E-state index in [-0.39, 0.29) is 47.5 Å². The Kier molecular flexibility index (Phi) is 5.04.